The van der Waals surface area contributed by atoms with Gasteiger partial charge in [-0.3, -0.25) is 14.9 Å². The number of aromatic amines is 1. The van der Waals surface area contributed by atoms with Gasteiger partial charge in [-0.25, -0.2) is 4.98 Å². The summed E-state index contributed by atoms with van der Waals surface area (Å²) in [6.07, 6.45) is 1.73. The van der Waals surface area contributed by atoms with Gasteiger partial charge in [-0.05, 0) is 24.5 Å². The fourth-order valence-corrected chi connectivity index (χ4v) is 3.67. The molecule has 0 aliphatic carbocycles. The van der Waals surface area contributed by atoms with Gasteiger partial charge in [0.15, 0.2) is 5.16 Å². The normalized spacial score (nSPS) is 10.4. The Morgan fingerprint density at radius 3 is 2.59 bits per heavy atom. The number of H-pyrrole nitrogens is 1. The second kappa shape index (κ2) is 8.07. The predicted octanol–water partition coefficient (Wildman–Crippen LogP) is 4.09. The highest BCUT2D eigenvalue weighted by Crippen LogP contribution is 2.37. The van der Waals surface area contributed by atoms with Gasteiger partial charge in [0.1, 0.15) is 11.6 Å². The number of hydrogen-bond acceptors (Lipinski definition) is 7. The monoisotopic (exact) mass is 396 g/mol. The van der Waals surface area contributed by atoms with Crippen LogP contribution < -0.4 is 5.56 Å². The molecule has 0 saturated carbocycles. The van der Waals surface area contributed by atoms with Crippen molar-refractivity contribution in [3.63, 3.8) is 0 Å². The number of nitro groups is 1. The summed E-state index contributed by atoms with van der Waals surface area (Å²) in [7, 11) is 0. The molecule has 0 aliphatic rings. The van der Waals surface area contributed by atoms with Gasteiger partial charge in [0.25, 0.3) is 11.2 Å². The quantitative estimate of drug-likeness (QED) is 0.299. The summed E-state index contributed by atoms with van der Waals surface area (Å²) < 4.78 is 0. The summed E-state index contributed by atoms with van der Waals surface area (Å²) >= 11 is 2.48. The van der Waals surface area contributed by atoms with Crippen LogP contribution in [0.3, 0.4) is 0 Å². The Hall–Kier alpha value is -3.09. The SMILES string of the molecule is CSc1nc(-c2ccc(Sc3ccccc3)c([N+](=O)[O-])c2)c(C#N)c(=O)[nH]1. The van der Waals surface area contributed by atoms with Gasteiger partial charge in [0, 0.05) is 16.5 Å². The fourth-order valence-electron chi connectivity index (χ4n) is 2.37. The first-order valence-corrected chi connectivity index (χ1v) is 9.67. The first kappa shape index (κ1) is 18.7. The third kappa shape index (κ3) is 4.02. The van der Waals surface area contributed by atoms with E-state index in [0.29, 0.717) is 15.6 Å². The van der Waals surface area contributed by atoms with Crippen molar-refractivity contribution in [1.29, 1.82) is 5.26 Å². The Balaban J connectivity index is 2.13. The zero-order valence-corrected chi connectivity index (χ0v) is 15.6. The molecular formula is C18H12N4O3S2. The third-order valence-corrected chi connectivity index (χ3v) is 5.26. The summed E-state index contributed by atoms with van der Waals surface area (Å²) in [5, 5.41) is 21.2. The van der Waals surface area contributed by atoms with Crippen LogP contribution in [0.2, 0.25) is 0 Å². The van der Waals surface area contributed by atoms with Crippen molar-refractivity contribution in [3.05, 3.63) is 74.6 Å². The molecule has 3 aromatic rings. The molecule has 0 radical (unpaired) electrons. The van der Waals surface area contributed by atoms with Gasteiger partial charge >= 0.3 is 0 Å². The summed E-state index contributed by atoms with van der Waals surface area (Å²) in [5.41, 5.74) is -0.386. The summed E-state index contributed by atoms with van der Waals surface area (Å²) in [6, 6.07) is 15.7. The van der Waals surface area contributed by atoms with E-state index in [1.165, 1.54) is 29.6 Å². The van der Waals surface area contributed by atoms with E-state index >= 15 is 0 Å². The molecule has 0 amide bonds. The van der Waals surface area contributed by atoms with Gasteiger partial charge in [-0.15, -0.1) is 0 Å². The number of rotatable bonds is 5. The van der Waals surface area contributed by atoms with Gasteiger partial charge < -0.3 is 4.98 Å². The molecule has 1 N–H and O–H groups in total. The summed E-state index contributed by atoms with van der Waals surface area (Å²) in [5.74, 6) is 0. The molecule has 0 saturated heterocycles. The molecule has 7 nitrogen and oxygen atoms in total. The van der Waals surface area contributed by atoms with E-state index < -0.39 is 10.5 Å². The molecule has 0 fully saturated rings. The molecule has 2 aromatic carbocycles. The molecule has 27 heavy (non-hydrogen) atoms. The average Bonchev–Trinajstić information content (AvgIpc) is 2.68. The van der Waals surface area contributed by atoms with Crippen LogP contribution in [-0.4, -0.2) is 21.1 Å². The molecule has 3 rings (SSSR count). The average molecular weight is 396 g/mol. The lowest BCUT2D eigenvalue weighted by Gasteiger charge is -2.08. The maximum atomic E-state index is 12.1. The van der Waals surface area contributed by atoms with Crippen molar-refractivity contribution in [1.82, 2.24) is 9.97 Å². The van der Waals surface area contributed by atoms with Crippen LogP contribution in [0.5, 0.6) is 0 Å². The highest BCUT2D eigenvalue weighted by Gasteiger charge is 2.20. The van der Waals surface area contributed by atoms with Crippen LogP contribution in [0, 0.1) is 21.4 Å². The second-order valence-electron chi connectivity index (χ2n) is 5.27. The largest absolute Gasteiger partial charge is 0.300 e. The van der Waals surface area contributed by atoms with E-state index in [1.807, 2.05) is 36.4 Å². The number of nitro benzene ring substituents is 1. The highest BCUT2D eigenvalue weighted by molar-refractivity contribution is 7.99. The van der Waals surface area contributed by atoms with E-state index in [4.69, 9.17) is 0 Å². The minimum atomic E-state index is -0.572. The molecule has 0 atom stereocenters. The summed E-state index contributed by atoms with van der Waals surface area (Å²) in [4.78, 5) is 31.3. The molecule has 0 aliphatic heterocycles. The highest BCUT2D eigenvalue weighted by atomic mass is 32.2. The van der Waals surface area contributed by atoms with Crippen LogP contribution in [0.15, 0.2) is 68.3 Å². The molecular weight excluding hydrogens is 384 g/mol. The lowest BCUT2D eigenvalue weighted by atomic mass is 10.1. The molecule has 0 spiro atoms. The van der Waals surface area contributed by atoms with Gasteiger partial charge in [-0.2, -0.15) is 5.26 Å². The van der Waals surface area contributed by atoms with E-state index in [9.17, 15) is 20.2 Å². The molecule has 9 heteroatoms. The van der Waals surface area contributed by atoms with E-state index in [-0.39, 0.29) is 16.9 Å². The minimum absolute atomic E-state index is 0.113. The smallest absolute Gasteiger partial charge is 0.283 e. The number of nitrogens with one attached hydrogen (secondary N) is 1. The number of hydrogen-bond donors (Lipinski definition) is 1. The molecule has 1 heterocycles. The van der Waals surface area contributed by atoms with E-state index in [2.05, 4.69) is 9.97 Å². The Morgan fingerprint density at radius 1 is 1.22 bits per heavy atom. The van der Waals surface area contributed by atoms with E-state index in [1.54, 1.807) is 18.4 Å². The number of nitrogens with zero attached hydrogens (tertiary/aromatic N) is 3. The van der Waals surface area contributed by atoms with Crippen LogP contribution in [0.25, 0.3) is 11.3 Å². The number of thioether (sulfide) groups is 1. The standard InChI is InChI=1S/C18H12N4O3S2/c1-26-18-20-16(13(10-19)17(23)21-18)11-7-8-15(14(9-11)22(24)25)27-12-5-3-2-4-6-12/h2-9H,1H3,(H,20,21,23). The lowest BCUT2D eigenvalue weighted by Crippen LogP contribution is -2.14. The van der Waals surface area contributed by atoms with Crippen LogP contribution in [0.1, 0.15) is 5.56 Å². The second-order valence-corrected chi connectivity index (χ2v) is 7.18. The van der Waals surface area contributed by atoms with Crippen molar-refractivity contribution in [2.45, 2.75) is 14.9 Å². The molecule has 0 bridgehead atoms. The Kier molecular flexibility index (Phi) is 5.59. The van der Waals surface area contributed by atoms with E-state index in [0.717, 1.165) is 4.90 Å². The van der Waals surface area contributed by atoms with Crippen molar-refractivity contribution in [3.8, 4) is 17.3 Å². The first-order chi connectivity index (χ1) is 13.0. The topological polar surface area (TPSA) is 113 Å². The minimum Gasteiger partial charge on any atom is -0.300 e. The molecule has 134 valence electrons. The summed E-state index contributed by atoms with van der Waals surface area (Å²) in [6.45, 7) is 0. The van der Waals surface area contributed by atoms with Crippen LogP contribution >= 0.6 is 23.5 Å². The molecule has 0 unspecified atom stereocenters. The Morgan fingerprint density at radius 2 is 1.96 bits per heavy atom. The first-order valence-electron chi connectivity index (χ1n) is 7.63. The maximum Gasteiger partial charge on any atom is 0.283 e. The van der Waals surface area contributed by atoms with Gasteiger partial charge in [0.2, 0.25) is 0 Å². The van der Waals surface area contributed by atoms with Crippen molar-refractivity contribution >= 4 is 29.2 Å². The van der Waals surface area contributed by atoms with Crippen molar-refractivity contribution in [2.24, 2.45) is 0 Å². The lowest BCUT2D eigenvalue weighted by molar-refractivity contribution is -0.387. The van der Waals surface area contributed by atoms with Gasteiger partial charge in [0.05, 0.1) is 15.5 Å². The number of aromatic nitrogens is 2. The molecule has 1 aromatic heterocycles. The van der Waals surface area contributed by atoms with Crippen molar-refractivity contribution < 1.29 is 4.92 Å². The Labute approximate surface area is 162 Å². The zero-order chi connectivity index (χ0) is 19.4. The number of nitriles is 1. The maximum absolute atomic E-state index is 12.1. The third-order valence-electron chi connectivity index (χ3n) is 3.60. The zero-order valence-electron chi connectivity index (χ0n) is 14.0. The van der Waals surface area contributed by atoms with Crippen LogP contribution in [-0.2, 0) is 0 Å². The van der Waals surface area contributed by atoms with Crippen molar-refractivity contribution in [2.75, 3.05) is 6.26 Å². The predicted molar refractivity (Wildman–Crippen MR) is 104 cm³/mol. The van der Waals surface area contributed by atoms with Gasteiger partial charge in [-0.1, -0.05) is 47.8 Å². The Bertz CT molecular complexity index is 1110. The van der Waals surface area contributed by atoms with Crippen LogP contribution in [0.4, 0.5) is 5.69 Å². The fraction of sp³-hybridized carbons (Fsp3) is 0.0556. The number of benzene rings is 2.